The Labute approximate surface area is 206 Å². The van der Waals surface area contributed by atoms with Crippen molar-refractivity contribution in [2.24, 2.45) is 0 Å². The molecule has 0 atom stereocenters. The van der Waals surface area contributed by atoms with Gasteiger partial charge in [-0.2, -0.15) is 0 Å². The van der Waals surface area contributed by atoms with Crippen LogP contribution >= 0.6 is 0 Å². The second-order valence-electron chi connectivity index (χ2n) is 9.23. The van der Waals surface area contributed by atoms with Gasteiger partial charge in [0, 0.05) is 44.3 Å². The number of pyridine rings is 1. The van der Waals surface area contributed by atoms with Crippen LogP contribution in [0.1, 0.15) is 40.0 Å². The molecule has 5 nitrogen and oxygen atoms in total. The van der Waals surface area contributed by atoms with E-state index in [4.69, 9.17) is 0 Å². The van der Waals surface area contributed by atoms with Crippen molar-refractivity contribution < 1.29 is 4.79 Å². The SMILES string of the molecule is CCn1cc(C(=O)N2CCN(C(c3ccccc3)c3ccccc3)CC2)c(=O)c2cc(C)ccc21. The number of carbonyl (C=O) groups excluding carboxylic acids is 1. The average molecular weight is 466 g/mol. The first-order chi connectivity index (χ1) is 17.1. The second kappa shape index (κ2) is 9.88. The summed E-state index contributed by atoms with van der Waals surface area (Å²) >= 11 is 0. The molecule has 0 saturated carbocycles. The van der Waals surface area contributed by atoms with E-state index >= 15 is 0 Å². The molecule has 0 unspecified atom stereocenters. The zero-order valence-corrected chi connectivity index (χ0v) is 20.4. The number of aryl methyl sites for hydroxylation is 2. The lowest BCUT2D eigenvalue weighted by atomic mass is 9.96. The number of fused-ring (bicyclic) bond motifs is 1. The fourth-order valence-corrected chi connectivity index (χ4v) is 5.16. The third-order valence-electron chi connectivity index (χ3n) is 7.00. The zero-order chi connectivity index (χ0) is 24.4. The summed E-state index contributed by atoms with van der Waals surface area (Å²) in [6.45, 7) is 7.37. The quantitative estimate of drug-likeness (QED) is 0.422. The van der Waals surface area contributed by atoms with Gasteiger partial charge in [0.15, 0.2) is 0 Å². The Morgan fingerprint density at radius 3 is 2.03 bits per heavy atom. The fraction of sp³-hybridized carbons (Fsp3) is 0.267. The number of amides is 1. The van der Waals surface area contributed by atoms with Gasteiger partial charge in [0.05, 0.1) is 11.6 Å². The second-order valence-corrected chi connectivity index (χ2v) is 9.23. The lowest BCUT2D eigenvalue weighted by molar-refractivity contribution is 0.0595. The molecule has 0 N–H and O–H groups in total. The maximum absolute atomic E-state index is 13.5. The number of hydrogen-bond donors (Lipinski definition) is 0. The average Bonchev–Trinajstić information content (AvgIpc) is 2.91. The molecule has 0 radical (unpaired) electrons. The van der Waals surface area contributed by atoms with Crippen molar-refractivity contribution in [3.63, 3.8) is 0 Å². The molecule has 1 aromatic heterocycles. The zero-order valence-electron chi connectivity index (χ0n) is 20.4. The van der Waals surface area contributed by atoms with Crippen LogP contribution in [0, 0.1) is 6.92 Å². The Morgan fingerprint density at radius 2 is 1.46 bits per heavy atom. The Morgan fingerprint density at radius 1 is 0.857 bits per heavy atom. The van der Waals surface area contributed by atoms with Crippen LogP contribution in [0.5, 0.6) is 0 Å². The highest BCUT2D eigenvalue weighted by Crippen LogP contribution is 2.29. The molecule has 2 heterocycles. The van der Waals surface area contributed by atoms with Crippen molar-refractivity contribution in [1.29, 1.82) is 0 Å². The maximum Gasteiger partial charge on any atom is 0.259 e. The Balaban J connectivity index is 1.40. The molecule has 5 rings (SSSR count). The molecular weight excluding hydrogens is 434 g/mol. The number of rotatable bonds is 5. The van der Waals surface area contributed by atoms with Gasteiger partial charge in [0.1, 0.15) is 5.56 Å². The van der Waals surface area contributed by atoms with Crippen LogP contribution in [0.4, 0.5) is 0 Å². The minimum Gasteiger partial charge on any atom is -0.347 e. The molecule has 178 valence electrons. The van der Waals surface area contributed by atoms with Gasteiger partial charge in [-0.15, -0.1) is 0 Å². The molecule has 0 bridgehead atoms. The van der Waals surface area contributed by atoms with Crippen molar-refractivity contribution in [3.8, 4) is 0 Å². The predicted molar refractivity (Wildman–Crippen MR) is 141 cm³/mol. The predicted octanol–water partition coefficient (Wildman–Crippen LogP) is 4.88. The minimum absolute atomic E-state index is 0.135. The summed E-state index contributed by atoms with van der Waals surface area (Å²) in [5, 5.41) is 0.615. The molecule has 1 amide bonds. The van der Waals surface area contributed by atoms with E-state index in [0.717, 1.165) is 24.2 Å². The van der Waals surface area contributed by atoms with Crippen molar-refractivity contribution >= 4 is 16.8 Å². The van der Waals surface area contributed by atoms with Crippen molar-refractivity contribution in [3.05, 3.63) is 118 Å². The summed E-state index contributed by atoms with van der Waals surface area (Å²) in [7, 11) is 0. The van der Waals surface area contributed by atoms with Gasteiger partial charge in [0.25, 0.3) is 5.91 Å². The van der Waals surface area contributed by atoms with E-state index in [-0.39, 0.29) is 22.9 Å². The fourth-order valence-electron chi connectivity index (χ4n) is 5.16. The van der Waals surface area contributed by atoms with Crippen LogP contribution in [0.25, 0.3) is 10.9 Å². The highest BCUT2D eigenvalue weighted by atomic mass is 16.2. The number of nitrogens with zero attached hydrogens (tertiary/aromatic N) is 3. The summed E-state index contributed by atoms with van der Waals surface area (Å²) in [6.07, 6.45) is 1.74. The largest absolute Gasteiger partial charge is 0.347 e. The van der Waals surface area contributed by atoms with Crippen molar-refractivity contribution in [2.75, 3.05) is 26.2 Å². The summed E-state index contributed by atoms with van der Waals surface area (Å²) in [5.41, 5.74) is 4.47. The van der Waals surface area contributed by atoms with Crippen LogP contribution in [-0.4, -0.2) is 46.5 Å². The van der Waals surface area contributed by atoms with Crippen LogP contribution in [0.15, 0.2) is 89.9 Å². The van der Waals surface area contributed by atoms with Gasteiger partial charge < -0.3 is 9.47 Å². The lowest BCUT2D eigenvalue weighted by Crippen LogP contribution is -2.50. The number of benzene rings is 3. The third kappa shape index (κ3) is 4.52. The summed E-state index contributed by atoms with van der Waals surface area (Å²) in [4.78, 5) is 31.1. The lowest BCUT2D eigenvalue weighted by Gasteiger charge is -2.39. The molecule has 0 spiro atoms. The number of piperazine rings is 1. The molecule has 3 aromatic carbocycles. The first-order valence-corrected chi connectivity index (χ1v) is 12.3. The van der Waals surface area contributed by atoms with Crippen LogP contribution in [0.3, 0.4) is 0 Å². The smallest absolute Gasteiger partial charge is 0.259 e. The standard InChI is InChI=1S/C30H31N3O2/c1-3-31-21-26(29(34)25-20-22(2)14-15-27(25)31)30(35)33-18-16-32(17-19-33)28(23-10-6-4-7-11-23)24-12-8-5-9-13-24/h4-15,20-21,28H,3,16-19H2,1-2H3. The van der Waals surface area contributed by atoms with Crippen molar-refractivity contribution in [1.82, 2.24) is 14.4 Å². The van der Waals surface area contributed by atoms with Gasteiger partial charge in [-0.1, -0.05) is 72.3 Å². The Kier molecular flexibility index (Phi) is 6.51. The van der Waals surface area contributed by atoms with Gasteiger partial charge in [-0.25, -0.2) is 0 Å². The molecule has 1 fully saturated rings. The molecule has 1 saturated heterocycles. The van der Waals surface area contributed by atoms with Crippen molar-refractivity contribution in [2.45, 2.75) is 26.4 Å². The van der Waals surface area contributed by atoms with E-state index in [1.807, 2.05) is 53.6 Å². The van der Waals surface area contributed by atoms with Gasteiger partial charge in [0.2, 0.25) is 5.43 Å². The summed E-state index contributed by atoms with van der Waals surface area (Å²) in [5.74, 6) is -0.170. The number of hydrogen-bond acceptors (Lipinski definition) is 3. The highest BCUT2D eigenvalue weighted by Gasteiger charge is 2.29. The number of aromatic nitrogens is 1. The third-order valence-corrected chi connectivity index (χ3v) is 7.00. The molecular formula is C30H31N3O2. The van der Waals surface area contributed by atoms with Gasteiger partial charge >= 0.3 is 0 Å². The monoisotopic (exact) mass is 465 g/mol. The van der Waals surface area contributed by atoms with Gasteiger partial charge in [-0.05, 0) is 37.1 Å². The number of carbonyl (C=O) groups is 1. The summed E-state index contributed by atoms with van der Waals surface area (Å²) < 4.78 is 2.00. The molecule has 0 aliphatic carbocycles. The van der Waals surface area contributed by atoms with E-state index in [1.165, 1.54) is 11.1 Å². The molecule has 1 aliphatic rings. The first-order valence-electron chi connectivity index (χ1n) is 12.3. The first kappa shape index (κ1) is 23.1. The van der Waals surface area contributed by atoms with E-state index in [9.17, 15) is 9.59 Å². The van der Waals surface area contributed by atoms with E-state index in [0.29, 0.717) is 25.0 Å². The normalized spacial score (nSPS) is 14.5. The molecule has 5 heteroatoms. The Bertz CT molecular complexity index is 1350. The highest BCUT2D eigenvalue weighted by molar-refractivity contribution is 5.97. The maximum atomic E-state index is 13.5. The summed E-state index contributed by atoms with van der Waals surface area (Å²) in [6, 6.07) is 27.0. The van der Waals surface area contributed by atoms with E-state index in [1.54, 1.807) is 6.20 Å². The minimum atomic E-state index is -0.174. The molecule has 1 aliphatic heterocycles. The van der Waals surface area contributed by atoms with Gasteiger partial charge in [-0.3, -0.25) is 14.5 Å². The topological polar surface area (TPSA) is 45.6 Å². The molecule has 35 heavy (non-hydrogen) atoms. The Hall–Kier alpha value is -3.70. The van der Waals surface area contributed by atoms with Crippen LogP contribution in [0.2, 0.25) is 0 Å². The van der Waals surface area contributed by atoms with Crippen LogP contribution in [-0.2, 0) is 6.54 Å². The van der Waals surface area contributed by atoms with E-state index in [2.05, 4.69) is 53.4 Å². The molecule has 4 aromatic rings. The van der Waals surface area contributed by atoms with E-state index < -0.39 is 0 Å². The van der Waals surface area contributed by atoms with Crippen LogP contribution < -0.4 is 5.43 Å².